The van der Waals surface area contributed by atoms with E-state index in [0.717, 1.165) is 0 Å². The Hall–Kier alpha value is -3.36. The first-order valence-electron chi connectivity index (χ1n) is 9.68. The van der Waals surface area contributed by atoms with Crippen molar-refractivity contribution >= 4 is 17.2 Å². The largest absolute Gasteiger partial charge is 0.493 e. The van der Waals surface area contributed by atoms with Gasteiger partial charge in [-0.2, -0.15) is 0 Å². The van der Waals surface area contributed by atoms with Crippen molar-refractivity contribution in [3.8, 4) is 23.1 Å². The van der Waals surface area contributed by atoms with Gasteiger partial charge in [0.15, 0.2) is 17.1 Å². The maximum absolute atomic E-state index is 14.6. The molecule has 0 saturated heterocycles. The second-order valence-corrected chi connectivity index (χ2v) is 7.25. The number of ether oxygens (including phenoxy) is 3. The first-order valence-corrected chi connectivity index (χ1v) is 9.68. The predicted molar refractivity (Wildman–Crippen MR) is 106 cm³/mol. The van der Waals surface area contributed by atoms with Gasteiger partial charge in [0.25, 0.3) is 0 Å². The molecule has 1 amide bonds. The van der Waals surface area contributed by atoms with Crippen LogP contribution in [0.15, 0.2) is 34.9 Å². The number of aromatic nitrogens is 2. The molecule has 9 heteroatoms. The molecule has 0 bridgehead atoms. The van der Waals surface area contributed by atoms with Crippen LogP contribution in [-0.4, -0.2) is 42.4 Å². The highest BCUT2D eigenvalue weighted by molar-refractivity contribution is 5.77. The number of halogens is 1. The molecule has 0 radical (unpaired) electrons. The third-order valence-corrected chi connectivity index (χ3v) is 4.61. The van der Waals surface area contributed by atoms with Gasteiger partial charge in [0, 0.05) is 12.1 Å². The fourth-order valence-electron chi connectivity index (χ4n) is 2.77. The van der Waals surface area contributed by atoms with Crippen molar-refractivity contribution in [1.82, 2.24) is 15.3 Å². The Morgan fingerprint density at radius 1 is 1.30 bits per heavy atom. The fraction of sp³-hybridized carbons (Fsp3) is 0.381. The summed E-state index contributed by atoms with van der Waals surface area (Å²) in [6.07, 6.45) is 3.23. The molecule has 0 spiro atoms. The van der Waals surface area contributed by atoms with Gasteiger partial charge in [-0.3, -0.25) is 0 Å². The molecule has 8 nitrogen and oxygen atoms in total. The second-order valence-electron chi connectivity index (χ2n) is 7.25. The number of carbonyl (C=O) groups is 1. The topological polar surface area (TPSA) is 95.7 Å². The third kappa shape index (κ3) is 4.79. The number of pyridine rings is 1. The van der Waals surface area contributed by atoms with Crippen LogP contribution in [0.25, 0.3) is 22.7 Å². The maximum Gasteiger partial charge on any atom is 0.407 e. The van der Waals surface area contributed by atoms with Crippen LogP contribution in [0.4, 0.5) is 9.18 Å². The lowest BCUT2D eigenvalue weighted by Crippen LogP contribution is -2.36. The quantitative estimate of drug-likeness (QED) is 0.595. The van der Waals surface area contributed by atoms with Crippen LogP contribution in [0.1, 0.15) is 19.8 Å². The summed E-state index contributed by atoms with van der Waals surface area (Å²) in [5.74, 6) is 1.02. The van der Waals surface area contributed by atoms with Crippen molar-refractivity contribution in [3.63, 3.8) is 0 Å². The summed E-state index contributed by atoms with van der Waals surface area (Å²) in [6, 6.07) is 6.22. The summed E-state index contributed by atoms with van der Waals surface area (Å²) < 4.78 is 36.0. The lowest BCUT2D eigenvalue weighted by Gasteiger charge is -2.14. The van der Waals surface area contributed by atoms with Crippen molar-refractivity contribution in [2.45, 2.75) is 25.8 Å². The van der Waals surface area contributed by atoms with Crippen LogP contribution in [0.5, 0.6) is 11.5 Å². The van der Waals surface area contributed by atoms with E-state index in [1.54, 1.807) is 19.1 Å². The molecule has 1 fully saturated rings. The van der Waals surface area contributed by atoms with Gasteiger partial charge in [-0.15, -0.1) is 0 Å². The second kappa shape index (κ2) is 8.56. The molecule has 3 aromatic rings. The Balaban J connectivity index is 1.44. The van der Waals surface area contributed by atoms with E-state index >= 15 is 0 Å². The molecule has 1 atom stereocenters. The summed E-state index contributed by atoms with van der Waals surface area (Å²) in [4.78, 5) is 19.6. The number of nitrogens with one attached hydrogen (secondary N) is 1. The minimum atomic E-state index is -0.627. The van der Waals surface area contributed by atoms with Gasteiger partial charge in [-0.1, -0.05) is 0 Å². The maximum atomic E-state index is 14.6. The number of nitrogens with zero attached hydrogens (tertiary/aromatic N) is 2. The van der Waals surface area contributed by atoms with Crippen LogP contribution in [0.3, 0.4) is 0 Å². The lowest BCUT2D eigenvalue weighted by molar-refractivity contribution is 0.161. The number of hydrogen-bond acceptors (Lipinski definition) is 7. The molecular weight excluding hydrogens is 393 g/mol. The molecule has 1 saturated carbocycles. The van der Waals surface area contributed by atoms with Gasteiger partial charge in [-0.25, -0.2) is 19.2 Å². The number of benzene rings is 1. The van der Waals surface area contributed by atoms with E-state index < -0.39 is 11.9 Å². The zero-order chi connectivity index (χ0) is 21.1. The minimum absolute atomic E-state index is 0.0141. The lowest BCUT2D eigenvalue weighted by atomic mass is 10.3. The summed E-state index contributed by atoms with van der Waals surface area (Å²) in [7, 11) is 1.27. The van der Waals surface area contributed by atoms with E-state index in [-0.39, 0.29) is 30.0 Å². The Morgan fingerprint density at radius 2 is 2.13 bits per heavy atom. The van der Waals surface area contributed by atoms with Gasteiger partial charge in [-0.05, 0) is 37.8 Å². The third-order valence-electron chi connectivity index (χ3n) is 4.61. The first-order chi connectivity index (χ1) is 14.5. The molecular formula is C21H22FN3O5. The molecule has 0 aliphatic heterocycles. The van der Waals surface area contributed by atoms with Crippen molar-refractivity contribution in [2.75, 3.05) is 20.3 Å². The Bertz CT molecular complexity index is 1050. The number of rotatable bonds is 8. The van der Waals surface area contributed by atoms with Gasteiger partial charge in [0.1, 0.15) is 23.6 Å². The molecule has 1 unspecified atom stereocenters. The molecule has 158 valence electrons. The van der Waals surface area contributed by atoms with Gasteiger partial charge < -0.3 is 23.9 Å². The first kappa shape index (κ1) is 19.9. The number of amides is 1. The molecule has 2 aromatic heterocycles. The highest BCUT2D eigenvalue weighted by Crippen LogP contribution is 2.31. The SMILES string of the molecule is COC(=O)NC(C)COc1cnc(-c2nc3ccc(OCC4CC4)cc3o2)c(F)c1. The van der Waals surface area contributed by atoms with Gasteiger partial charge in [0.05, 0.1) is 26.0 Å². The highest BCUT2D eigenvalue weighted by atomic mass is 19.1. The van der Waals surface area contributed by atoms with E-state index in [9.17, 15) is 9.18 Å². The summed E-state index contributed by atoms with van der Waals surface area (Å²) in [5, 5.41) is 2.55. The number of alkyl carbamates (subject to hydrolysis) is 1. The average Bonchev–Trinajstić information content (AvgIpc) is 3.47. The standard InChI is InChI=1S/C21H22FN3O5/c1-12(24-21(26)27-2)10-28-15-7-16(22)19(23-9-15)20-25-17-6-5-14(8-18(17)30-20)29-11-13-3-4-13/h5-9,12-13H,3-4,10-11H2,1-2H3,(H,24,26). The number of oxazole rings is 1. The van der Waals surface area contributed by atoms with Gasteiger partial charge >= 0.3 is 6.09 Å². The highest BCUT2D eigenvalue weighted by Gasteiger charge is 2.22. The number of fused-ring (bicyclic) bond motifs is 1. The van der Waals surface area contributed by atoms with Crippen LogP contribution >= 0.6 is 0 Å². The zero-order valence-corrected chi connectivity index (χ0v) is 16.7. The number of methoxy groups -OCH3 is 1. The molecule has 2 heterocycles. The zero-order valence-electron chi connectivity index (χ0n) is 16.7. The van der Waals surface area contributed by atoms with E-state index in [1.165, 1.54) is 32.2 Å². The molecule has 30 heavy (non-hydrogen) atoms. The number of carbonyl (C=O) groups excluding carboxylic acids is 1. The Labute approximate surface area is 172 Å². The number of hydrogen-bond donors (Lipinski definition) is 1. The van der Waals surface area contributed by atoms with E-state index in [2.05, 4.69) is 20.0 Å². The Kier molecular flexibility index (Phi) is 5.69. The monoisotopic (exact) mass is 415 g/mol. The molecule has 1 aliphatic rings. The average molecular weight is 415 g/mol. The van der Waals surface area contributed by atoms with Gasteiger partial charge in [0.2, 0.25) is 5.89 Å². The van der Waals surface area contributed by atoms with Crippen molar-refractivity contribution in [1.29, 1.82) is 0 Å². The van der Waals surface area contributed by atoms with Crippen LogP contribution in [0.2, 0.25) is 0 Å². The summed E-state index contributed by atoms with van der Waals surface area (Å²) >= 11 is 0. The summed E-state index contributed by atoms with van der Waals surface area (Å²) in [5.41, 5.74) is 1.08. The van der Waals surface area contributed by atoms with Crippen molar-refractivity contribution < 1.29 is 27.8 Å². The molecule has 1 aromatic carbocycles. The van der Waals surface area contributed by atoms with E-state index in [4.69, 9.17) is 13.9 Å². The van der Waals surface area contributed by atoms with Crippen molar-refractivity contribution in [2.24, 2.45) is 5.92 Å². The van der Waals surface area contributed by atoms with Crippen molar-refractivity contribution in [3.05, 3.63) is 36.3 Å². The predicted octanol–water partition coefficient (Wildman–Crippen LogP) is 3.94. The van der Waals surface area contributed by atoms with E-state index in [0.29, 0.717) is 29.4 Å². The molecule has 4 rings (SSSR count). The normalized spacial score (nSPS) is 14.4. The Morgan fingerprint density at radius 3 is 2.87 bits per heavy atom. The molecule has 1 N–H and O–H groups in total. The van der Waals surface area contributed by atoms with Crippen LogP contribution < -0.4 is 14.8 Å². The summed E-state index contributed by atoms with van der Waals surface area (Å²) in [6.45, 7) is 2.55. The fourth-order valence-corrected chi connectivity index (χ4v) is 2.77. The minimum Gasteiger partial charge on any atom is -0.493 e. The van der Waals surface area contributed by atoms with Crippen LogP contribution in [0, 0.1) is 11.7 Å². The molecule has 1 aliphatic carbocycles. The van der Waals surface area contributed by atoms with Crippen LogP contribution in [-0.2, 0) is 4.74 Å². The smallest absolute Gasteiger partial charge is 0.407 e. The van der Waals surface area contributed by atoms with E-state index in [1.807, 2.05) is 6.07 Å².